The second-order valence-electron chi connectivity index (χ2n) is 5.67. The first-order valence-corrected chi connectivity index (χ1v) is 10.4. The number of para-hydroxylation sites is 1. The van der Waals surface area contributed by atoms with Crippen LogP contribution in [0.5, 0.6) is 5.75 Å². The summed E-state index contributed by atoms with van der Waals surface area (Å²) in [6.45, 7) is -0.915. The van der Waals surface area contributed by atoms with Crippen LogP contribution in [0.25, 0.3) is 10.6 Å². The molecule has 0 saturated heterocycles. The molecule has 6 nitrogen and oxygen atoms in total. The molecule has 0 radical (unpaired) electrons. The Balaban J connectivity index is 1.68. The molecule has 0 aliphatic heterocycles. The zero-order chi connectivity index (χ0) is 21.1. The van der Waals surface area contributed by atoms with Crippen molar-refractivity contribution in [3.05, 3.63) is 65.5 Å². The van der Waals surface area contributed by atoms with E-state index in [1.165, 1.54) is 17.5 Å². The molecule has 3 rings (SSSR count). The zero-order valence-electron chi connectivity index (χ0n) is 14.5. The van der Waals surface area contributed by atoms with Gasteiger partial charge in [-0.3, -0.25) is 4.79 Å². The van der Waals surface area contributed by atoms with E-state index in [0.717, 1.165) is 23.5 Å². The number of sulfonamides is 1. The van der Waals surface area contributed by atoms with Gasteiger partial charge in [0.1, 0.15) is 10.8 Å². The van der Waals surface area contributed by atoms with Crippen LogP contribution >= 0.6 is 11.3 Å². The Labute approximate surface area is 168 Å². The number of thiazole rings is 1. The molecule has 0 saturated carbocycles. The molecule has 0 atom stereocenters. The summed E-state index contributed by atoms with van der Waals surface area (Å²) in [4.78, 5) is 15.9. The third-order valence-corrected chi connectivity index (χ3v) is 5.88. The minimum atomic E-state index is -4.67. The van der Waals surface area contributed by atoms with Crippen molar-refractivity contribution in [3.8, 4) is 16.3 Å². The zero-order valence-corrected chi connectivity index (χ0v) is 16.1. The van der Waals surface area contributed by atoms with E-state index in [-0.39, 0.29) is 5.03 Å². The van der Waals surface area contributed by atoms with Gasteiger partial charge in [0, 0.05) is 10.9 Å². The number of nitrogens with one attached hydrogen (secondary N) is 1. The highest BCUT2D eigenvalue weighted by molar-refractivity contribution is 7.90. The Kier molecular flexibility index (Phi) is 5.89. The normalized spacial score (nSPS) is 11.8. The number of aromatic nitrogens is 1. The number of benzene rings is 2. The minimum Gasteiger partial charge on any atom is -0.483 e. The van der Waals surface area contributed by atoms with Gasteiger partial charge in [-0.2, -0.15) is 21.6 Å². The van der Waals surface area contributed by atoms with Crippen LogP contribution in [0.15, 0.2) is 65.0 Å². The van der Waals surface area contributed by atoms with Gasteiger partial charge in [-0.25, -0.2) is 9.71 Å². The van der Waals surface area contributed by atoms with Crippen LogP contribution in [0.4, 0.5) is 13.2 Å². The molecule has 152 valence electrons. The van der Waals surface area contributed by atoms with Crippen LogP contribution in [-0.4, -0.2) is 25.9 Å². The summed E-state index contributed by atoms with van der Waals surface area (Å²) in [6, 6.07) is 13.1. The highest BCUT2D eigenvalue weighted by atomic mass is 32.2. The Morgan fingerprint density at radius 3 is 2.41 bits per heavy atom. The van der Waals surface area contributed by atoms with Gasteiger partial charge in [0.05, 0.1) is 5.56 Å². The molecule has 29 heavy (non-hydrogen) atoms. The molecule has 11 heteroatoms. The van der Waals surface area contributed by atoms with E-state index >= 15 is 0 Å². The third-order valence-electron chi connectivity index (χ3n) is 3.58. The molecule has 0 spiro atoms. The first kappa shape index (κ1) is 20.8. The first-order chi connectivity index (χ1) is 13.7. The fourth-order valence-corrected chi connectivity index (χ4v) is 4.37. The van der Waals surface area contributed by atoms with E-state index in [0.29, 0.717) is 10.6 Å². The summed E-state index contributed by atoms with van der Waals surface area (Å²) in [7, 11) is -4.29. The van der Waals surface area contributed by atoms with Gasteiger partial charge < -0.3 is 4.74 Å². The maximum absolute atomic E-state index is 12.9. The third kappa shape index (κ3) is 5.12. The maximum atomic E-state index is 12.9. The summed E-state index contributed by atoms with van der Waals surface area (Å²) in [6.07, 6.45) is -4.67. The van der Waals surface area contributed by atoms with Gasteiger partial charge in [-0.15, -0.1) is 11.3 Å². The van der Waals surface area contributed by atoms with E-state index in [1.807, 2.05) is 0 Å². The Morgan fingerprint density at radius 1 is 1.07 bits per heavy atom. The van der Waals surface area contributed by atoms with Crippen molar-refractivity contribution in [1.29, 1.82) is 0 Å². The summed E-state index contributed by atoms with van der Waals surface area (Å²) < 4.78 is 70.0. The number of halogens is 3. The lowest BCUT2D eigenvalue weighted by Gasteiger charge is -2.13. The molecular formula is C18H13F3N2O4S2. The molecule has 0 bridgehead atoms. The van der Waals surface area contributed by atoms with Gasteiger partial charge in [0.25, 0.3) is 15.9 Å². The number of carbonyl (C=O) groups is 1. The second kappa shape index (κ2) is 8.21. The molecule has 0 unspecified atom stereocenters. The second-order valence-corrected chi connectivity index (χ2v) is 8.16. The highest BCUT2D eigenvalue weighted by Crippen LogP contribution is 2.35. The van der Waals surface area contributed by atoms with E-state index in [4.69, 9.17) is 4.74 Å². The van der Waals surface area contributed by atoms with Gasteiger partial charge in [-0.1, -0.05) is 42.5 Å². The van der Waals surface area contributed by atoms with Gasteiger partial charge in [-0.05, 0) is 12.1 Å². The van der Waals surface area contributed by atoms with Crippen molar-refractivity contribution >= 4 is 27.3 Å². The van der Waals surface area contributed by atoms with E-state index in [1.54, 1.807) is 35.1 Å². The molecule has 1 heterocycles. The number of amides is 1. The van der Waals surface area contributed by atoms with Crippen molar-refractivity contribution in [2.24, 2.45) is 0 Å². The number of rotatable bonds is 6. The average molecular weight is 442 g/mol. The Hall–Kier alpha value is -2.92. The molecule has 0 aliphatic rings. The van der Waals surface area contributed by atoms with Crippen molar-refractivity contribution in [1.82, 2.24) is 9.71 Å². The Bertz CT molecular complexity index is 1110. The lowest BCUT2D eigenvalue weighted by atomic mass is 10.2. The van der Waals surface area contributed by atoms with Gasteiger partial charge in [0.15, 0.2) is 11.6 Å². The topological polar surface area (TPSA) is 85.4 Å². The minimum absolute atomic E-state index is 0.370. The van der Waals surface area contributed by atoms with Crippen LogP contribution in [-0.2, 0) is 21.0 Å². The summed E-state index contributed by atoms with van der Waals surface area (Å²) in [5.74, 6) is -1.70. The monoisotopic (exact) mass is 442 g/mol. The first-order valence-electron chi connectivity index (χ1n) is 8.02. The number of hydrogen-bond acceptors (Lipinski definition) is 6. The van der Waals surface area contributed by atoms with Crippen molar-refractivity contribution < 1.29 is 31.1 Å². The molecule has 3 aromatic rings. The fourth-order valence-electron chi connectivity index (χ4n) is 2.30. The largest absolute Gasteiger partial charge is 0.483 e. The Morgan fingerprint density at radius 2 is 1.72 bits per heavy atom. The molecule has 1 N–H and O–H groups in total. The smallest absolute Gasteiger partial charge is 0.419 e. The standard InChI is InChI=1S/C18H13F3N2O4S2/c19-18(20,21)13-8-4-5-9-14(13)27-10-15(24)23-29(25,26)16-11-28-17(22-16)12-6-2-1-3-7-12/h1-9,11H,10H2,(H,23,24). The van der Waals surface area contributed by atoms with Crippen LogP contribution in [0, 0.1) is 0 Å². The van der Waals surface area contributed by atoms with Gasteiger partial charge >= 0.3 is 6.18 Å². The molecular weight excluding hydrogens is 429 g/mol. The van der Waals surface area contributed by atoms with E-state index in [2.05, 4.69) is 4.98 Å². The van der Waals surface area contributed by atoms with Crippen molar-refractivity contribution in [2.45, 2.75) is 11.2 Å². The van der Waals surface area contributed by atoms with E-state index < -0.39 is 40.0 Å². The number of carbonyl (C=O) groups excluding carboxylic acids is 1. The predicted octanol–water partition coefficient (Wildman–Crippen LogP) is 3.71. The van der Waals surface area contributed by atoms with Crippen LogP contribution in [0.3, 0.4) is 0 Å². The van der Waals surface area contributed by atoms with E-state index in [9.17, 15) is 26.4 Å². The van der Waals surface area contributed by atoms with Crippen LogP contribution in [0.1, 0.15) is 5.56 Å². The predicted molar refractivity (Wildman–Crippen MR) is 99.8 cm³/mol. The molecule has 2 aromatic carbocycles. The lowest BCUT2D eigenvalue weighted by molar-refractivity contribution is -0.139. The highest BCUT2D eigenvalue weighted by Gasteiger charge is 2.34. The molecule has 1 aromatic heterocycles. The van der Waals surface area contributed by atoms with Crippen LogP contribution in [0.2, 0.25) is 0 Å². The molecule has 0 fully saturated rings. The molecule has 0 aliphatic carbocycles. The van der Waals surface area contributed by atoms with Gasteiger partial charge in [0.2, 0.25) is 0 Å². The number of alkyl halides is 3. The fraction of sp³-hybridized carbons (Fsp3) is 0.111. The lowest BCUT2D eigenvalue weighted by Crippen LogP contribution is -2.34. The summed E-state index contributed by atoms with van der Waals surface area (Å²) in [5, 5.41) is 1.33. The number of ether oxygens (including phenoxy) is 1. The van der Waals surface area contributed by atoms with Crippen molar-refractivity contribution in [3.63, 3.8) is 0 Å². The molecule has 1 amide bonds. The summed E-state index contributed by atoms with van der Waals surface area (Å²) >= 11 is 1.07. The maximum Gasteiger partial charge on any atom is 0.419 e. The number of nitrogens with zero attached hydrogens (tertiary/aromatic N) is 1. The van der Waals surface area contributed by atoms with Crippen LogP contribution < -0.4 is 9.46 Å². The average Bonchev–Trinajstić information content (AvgIpc) is 3.18. The SMILES string of the molecule is O=C(COc1ccccc1C(F)(F)F)NS(=O)(=O)c1csc(-c2ccccc2)n1. The quantitative estimate of drug-likeness (QED) is 0.629. The number of hydrogen-bond donors (Lipinski definition) is 1. The van der Waals surface area contributed by atoms with Crippen molar-refractivity contribution in [2.75, 3.05) is 6.61 Å². The summed E-state index contributed by atoms with van der Waals surface area (Å²) in [5.41, 5.74) is -0.361.